The summed E-state index contributed by atoms with van der Waals surface area (Å²) >= 11 is 1.63. The third-order valence-corrected chi connectivity index (χ3v) is 4.62. The number of amides is 1. The third kappa shape index (κ3) is 3.13. The largest absolute Gasteiger partial charge is 0.354 e. The van der Waals surface area contributed by atoms with Gasteiger partial charge < -0.3 is 5.32 Å². The van der Waals surface area contributed by atoms with Gasteiger partial charge in [0, 0.05) is 24.7 Å². The van der Waals surface area contributed by atoms with E-state index in [1.54, 1.807) is 23.5 Å². The number of thiophene rings is 1. The molecule has 0 spiro atoms. The van der Waals surface area contributed by atoms with E-state index in [9.17, 15) is 14.4 Å². The monoisotopic (exact) mass is 344 g/mol. The number of pyridine rings is 1. The zero-order valence-electron chi connectivity index (χ0n) is 13.1. The lowest BCUT2D eigenvalue weighted by molar-refractivity contribution is -0.121. The Hall–Kier alpha value is -2.74. The summed E-state index contributed by atoms with van der Waals surface area (Å²) in [6.07, 6.45) is 2.27. The first-order valence-electron chi connectivity index (χ1n) is 7.41. The van der Waals surface area contributed by atoms with Crippen molar-refractivity contribution in [1.82, 2.24) is 19.4 Å². The van der Waals surface area contributed by atoms with Crippen molar-refractivity contribution in [2.75, 3.05) is 6.54 Å². The number of carbonyl (C=O) groups excluding carboxylic acids is 1. The molecule has 3 aromatic rings. The molecule has 1 N–H and O–H groups in total. The Bertz CT molecular complexity index is 989. The van der Waals surface area contributed by atoms with E-state index in [0.717, 1.165) is 6.42 Å². The molecular weight excluding hydrogens is 328 g/mol. The molecule has 124 valence electrons. The van der Waals surface area contributed by atoms with Crippen molar-refractivity contribution < 1.29 is 4.79 Å². The van der Waals surface area contributed by atoms with Crippen LogP contribution in [0.1, 0.15) is 4.88 Å². The maximum Gasteiger partial charge on any atom is 0.317 e. The van der Waals surface area contributed by atoms with Gasteiger partial charge in [-0.1, -0.05) is 6.07 Å². The van der Waals surface area contributed by atoms with Crippen molar-refractivity contribution in [2.45, 2.75) is 13.0 Å². The molecule has 0 aliphatic carbocycles. The topological polar surface area (TPSA) is 86.0 Å². The Morgan fingerprint density at radius 1 is 1.25 bits per heavy atom. The van der Waals surface area contributed by atoms with E-state index >= 15 is 0 Å². The smallest absolute Gasteiger partial charge is 0.317 e. The van der Waals surface area contributed by atoms with E-state index in [-0.39, 0.29) is 12.5 Å². The standard InChI is InChI=1S/C16H16N4O3S/c1-19-14-12(5-2-7-18-14)20(16(23)15(19)22)10-13(21)17-8-6-11-4-3-9-24-11/h2-5,7,9H,6,8,10H2,1H3,(H,17,21). The van der Waals surface area contributed by atoms with Gasteiger partial charge in [0.05, 0.1) is 5.52 Å². The Labute approximate surface area is 141 Å². The summed E-state index contributed by atoms with van der Waals surface area (Å²) in [5.74, 6) is -0.313. The number of nitrogens with zero attached hydrogens (tertiary/aromatic N) is 3. The van der Waals surface area contributed by atoms with E-state index in [2.05, 4.69) is 10.3 Å². The second kappa shape index (κ2) is 6.79. The molecule has 0 radical (unpaired) electrons. The lowest BCUT2D eigenvalue weighted by atomic mass is 10.3. The number of hydrogen-bond acceptors (Lipinski definition) is 5. The Balaban J connectivity index is 1.81. The molecule has 8 heteroatoms. The molecule has 0 bridgehead atoms. The molecule has 3 rings (SSSR count). The molecule has 0 aliphatic heterocycles. The molecule has 0 aromatic carbocycles. The van der Waals surface area contributed by atoms with Crippen LogP contribution in [0.3, 0.4) is 0 Å². The van der Waals surface area contributed by atoms with Crippen LogP contribution in [0, 0.1) is 0 Å². The van der Waals surface area contributed by atoms with Crippen LogP contribution in [0.15, 0.2) is 45.4 Å². The first-order valence-corrected chi connectivity index (χ1v) is 8.29. The normalized spacial score (nSPS) is 10.9. The average molecular weight is 344 g/mol. The number of aryl methyl sites for hydroxylation is 1. The van der Waals surface area contributed by atoms with E-state index in [1.165, 1.54) is 27.3 Å². The molecule has 3 heterocycles. The van der Waals surface area contributed by atoms with Crippen molar-refractivity contribution in [3.05, 3.63) is 61.4 Å². The highest BCUT2D eigenvalue weighted by Crippen LogP contribution is 2.08. The Morgan fingerprint density at radius 3 is 2.83 bits per heavy atom. The van der Waals surface area contributed by atoms with Crippen molar-refractivity contribution >= 4 is 28.4 Å². The second-order valence-corrected chi connectivity index (χ2v) is 6.31. The lowest BCUT2D eigenvalue weighted by Gasteiger charge is -2.11. The molecule has 0 fully saturated rings. The Kier molecular flexibility index (Phi) is 4.57. The lowest BCUT2D eigenvalue weighted by Crippen LogP contribution is -2.43. The third-order valence-electron chi connectivity index (χ3n) is 3.68. The highest BCUT2D eigenvalue weighted by Gasteiger charge is 2.14. The number of fused-ring (bicyclic) bond motifs is 1. The maximum absolute atomic E-state index is 12.2. The number of hydrogen-bond donors (Lipinski definition) is 1. The quantitative estimate of drug-likeness (QED) is 0.684. The number of nitrogens with one attached hydrogen (secondary N) is 1. The summed E-state index contributed by atoms with van der Waals surface area (Å²) in [5, 5.41) is 4.76. The number of carbonyl (C=O) groups is 1. The zero-order valence-corrected chi connectivity index (χ0v) is 13.9. The van der Waals surface area contributed by atoms with Crippen LogP contribution in [0.4, 0.5) is 0 Å². The maximum atomic E-state index is 12.2. The highest BCUT2D eigenvalue weighted by molar-refractivity contribution is 7.09. The number of rotatable bonds is 5. The molecule has 0 aliphatic rings. The van der Waals surface area contributed by atoms with Gasteiger partial charge in [-0.3, -0.25) is 23.5 Å². The minimum absolute atomic E-state index is 0.207. The number of aromatic nitrogens is 3. The summed E-state index contributed by atoms with van der Waals surface area (Å²) in [5.41, 5.74) is -0.606. The average Bonchev–Trinajstić information content (AvgIpc) is 3.10. The minimum atomic E-state index is -0.730. The molecule has 24 heavy (non-hydrogen) atoms. The van der Waals surface area contributed by atoms with Crippen LogP contribution in [-0.4, -0.2) is 26.6 Å². The predicted molar refractivity (Wildman–Crippen MR) is 92.3 cm³/mol. The van der Waals surface area contributed by atoms with Gasteiger partial charge in [0.2, 0.25) is 5.91 Å². The van der Waals surface area contributed by atoms with Crippen LogP contribution >= 0.6 is 11.3 Å². The summed E-state index contributed by atoms with van der Waals surface area (Å²) in [6, 6.07) is 7.29. The minimum Gasteiger partial charge on any atom is -0.354 e. The van der Waals surface area contributed by atoms with Crippen molar-refractivity contribution in [1.29, 1.82) is 0 Å². The van der Waals surface area contributed by atoms with Gasteiger partial charge in [0.1, 0.15) is 6.54 Å². The predicted octanol–water partition coefficient (Wildman–Crippen LogP) is 0.516. The summed E-state index contributed by atoms with van der Waals surface area (Å²) in [6.45, 7) is 0.274. The first-order chi connectivity index (χ1) is 11.6. The molecule has 1 amide bonds. The fourth-order valence-electron chi connectivity index (χ4n) is 2.46. The molecule has 7 nitrogen and oxygen atoms in total. The van der Waals surface area contributed by atoms with E-state index in [0.29, 0.717) is 17.7 Å². The molecule has 0 saturated carbocycles. The summed E-state index contributed by atoms with van der Waals surface area (Å²) in [7, 11) is 1.49. The molecule has 0 atom stereocenters. The van der Waals surface area contributed by atoms with E-state index in [4.69, 9.17) is 0 Å². The van der Waals surface area contributed by atoms with E-state index in [1.807, 2.05) is 17.5 Å². The van der Waals surface area contributed by atoms with Gasteiger partial charge in [-0.05, 0) is 30.0 Å². The Morgan fingerprint density at radius 2 is 2.08 bits per heavy atom. The summed E-state index contributed by atoms with van der Waals surface area (Å²) < 4.78 is 2.37. The van der Waals surface area contributed by atoms with Gasteiger partial charge in [-0.25, -0.2) is 4.98 Å². The van der Waals surface area contributed by atoms with Gasteiger partial charge in [0.15, 0.2) is 5.65 Å². The van der Waals surface area contributed by atoms with Crippen LogP contribution in [0.2, 0.25) is 0 Å². The first kappa shape index (κ1) is 16.1. The second-order valence-electron chi connectivity index (χ2n) is 5.28. The molecule has 0 saturated heterocycles. The van der Waals surface area contributed by atoms with Crippen LogP contribution in [-0.2, 0) is 24.8 Å². The molecular formula is C16H16N4O3S. The highest BCUT2D eigenvalue weighted by atomic mass is 32.1. The SMILES string of the molecule is Cn1c(=O)c(=O)n(CC(=O)NCCc2cccs2)c2cccnc21. The molecule has 0 unspecified atom stereocenters. The van der Waals surface area contributed by atoms with Crippen molar-refractivity contribution in [2.24, 2.45) is 7.05 Å². The van der Waals surface area contributed by atoms with Crippen molar-refractivity contribution in [3.63, 3.8) is 0 Å². The van der Waals surface area contributed by atoms with Crippen LogP contribution in [0.5, 0.6) is 0 Å². The fourth-order valence-corrected chi connectivity index (χ4v) is 3.17. The molecule has 3 aromatic heterocycles. The zero-order chi connectivity index (χ0) is 17.1. The van der Waals surface area contributed by atoms with Gasteiger partial charge in [-0.15, -0.1) is 11.3 Å². The van der Waals surface area contributed by atoms with Crippen LogP contribution < -0.4 is 16.4 Å². The van der Waals surface area contributed by atoms with Gasteiger partial charge in [-0.2, -0.15) is 0 Å². The van der Waals surface area contributed by atoms with E-state index < -0.39 is 11.1 Å². The van der Waals surface area contributed by atoms with Gasteiger partial charge >= 0.3 is 11.1 Å². The van der Waals surface area contributed by atoms with Gasteiger partial charge in [0.25, 0.3) is 0 Å². The fraction of sp³-hybridized carbons (Fsp3) is 0.250. The van der Waals surface area contributed by atoms with Crippen LogP contribution in [0.25, 0.3) is 11.2 Å². The summed E-state index contributed by atoms with van der Waals surface area (Å²) in [4.78, 5) is 41.7. The van der Waals surface area contributed by atoms with Crippen molar-refractivity contribution in [3.8, 4) is 0 Å².